The number of rotatable bonds is 6. The van der Waals surface area contributed by atoms with Crippen molar-refractivity contribution in [3.8, 4) is 0 Å². The van der Waals surface area contributed by atoms with E-state index in [1.54, 1.807) is 26.3 Å². The maximum absolute atomic E-state index is 12.7. The molecule has 0 radical (unpaired) electrons. The van der Waals surface area contributed by atoms with Crippen LogP contribution in [-0.4, -0.2) is 69.6 Å². The molecule has 4 heterocycles. The van der Waals surface area contributed by atoms with E-state index in [-0.39, 0.29) is 17.7 Å². The van der Waals surface area contributed by atoms with Gasteiger partial charge in [-0.15, -0.1) is 0 Å². The number of aryl methyl sites for hydroxylation is 2. The molecule has 0 bridgehead atoms. The third-order valence-corrected chi connectivity index (χ3v) is 5.74. The third-order valence-electron chi connectivity index (χ3n) is 5.74. The van der Waals surface area contributed by atoms with Crippen LogP contribution in [0.3, 0.4) is 0 Å². The highest BCUT2D eigenvalue weighted by molar-refractivity contribution is 5.95. The number of nitrogens with one attached hydrogen (secondary N) is 1. The molecule has 3 aromatic rings. The van der Waals surface area contributed by atoms with E-state index >= 15 is 0 Å². The summed E-state index contributed by atoms with van der Waals surface area (Å²) in [6, 6.07) is 7.18. The Labute approximate surface area is 186 Å². The number of furan rings is 1. The Morgan fingerprint density at radius 2 is 1.81 bits per heavy atom. The van der Waals surface area contributed by atoms with Crippen LogP contribution in [0.25, 0.3) is 5.65 Å². The number of amides is 3. The molecule has 1 saturated heterocycles. The van der Waals surface area contributed by atoms with Crippen molar-refractivity contribution in [2.45, 2.75) is 26.7 Å². The summed E-state index contributed by atoms with van der Waals surface area (Å²) in [5, 5.41) is 2.90. The van der Waals surface area contributed by atoms with Crippen molar-refractivity contribution in [2.75, 3.05) is 32.7 Å². The second-order valence-corrected chi connectivity index (χ2v) is 7.94. The lowest BCUT2D eigenvalue weighted by Gasteiger charge is -2.34. The Morgan fingerprint density at radius 3 is 2.53 bits per heavy atom. The monoisotopic (exact) mass is 437 g/mol. The molecule has 168 valence electrons. The topological polar surface area (TPSA) is 100 Å². The van der Waals surface area contributed by atoms with Gasteiger partial charge in [0.2, 0.25) is 5.91 Å². The molecular formula is C23H27N5O4. The summed E-state index contributed by atoms with van der Waals surface area (Å²) in [5.41, 5.74) is 2.98. The van der Waals surface area contributed by atoms with Crippen LogP contribution in [0.15, 0.2) is 41.1 Å². The van der Waals surface area contributed by atoms with Crippen molar-refractivity contribution in [1.82, 2.24) is 24.5 Å². The first kappa shape index (κ1) is 21.6. The van der Waals surface area contributed by atoms with E-state index < -0.39 is 0 Å². The molecule has 9 heteroatoms. The van der Waals surface area contributed by atoms with Gasteiger partial charge in [-0.05, 0) is 44.0 Å². The summed E-state index contributed by atoms with van der Waals surface area (Å²) in [7, 11) is 0. The number of pyridine rings is 1. The van der Waals surface area contributed by atoms with Gasteiger partial charge in [-0.25, -0.2) is 4.98 Å². The largest absolute Gasteiger partial charge is 0.459 e. The number of nitrogens with zero attached hydrogens (tertiary/aromatic N) is 4. The minimum absolute atomic E-state index is 0.0333. The van der Waals surface area contributed by atoms with Gasteiger partial charge in [0.15, 0.2) is 5.76 Å². The molecule has 1 aliphatic heterocycles. The van der Waals surface area contributed by atoms with Crippen molar-refractivity contribution in [2.24, 2.45) is 0 Å². The molecule has 3 aromatic heterocycles. The van der Waals surface area contributed by atoms with Gasteiger partial charge in [0.25, 0.3) is 11.8 Å². The van der Waals surface area contributed by atoms with Crippen LogP contribution >= 0.6 is 0 Å². The molecule has 0 spiro atoms. The minimum Gasteiger partial charge on any atom is -0.459 e. The fraction of sp³-hybridized carbons (Fsp3) is 0.391. The average molecular weight is 438 g/mol. The molecular weight excluding hydrogens is 410 g/mol. The van der Waals surface area contributed by atoms with Crippen molar-refractivity contribution in [1.29, 1.82) is 0 Å². The lowest BCUT2D eigenvalue weighted by atomic mass is 10.2. The van der Waals surface area contributed by atoms with Gasteiger partial charge in [0.05, 0.1) is 12.0 Å². The van der Waals surface area contributed by atoms with Crippen LogP contribution in [0, 0.1) is 13.8 Å². The van der Waals surface area contributed by atoms with Gasteiger partial charge in [-0.2, -0.15) is 0 Å². The molecule has 1 aliphatic rings. The summed E-state index contributed by atoms with van der Waals surface area (Å²) in [5.74, 6) is 0.00336. The Kier molecular flexibility index (Phi) is 6.25. The van der Waals surface area contributed by atoms with E-state index in [1.165, 1.54) is 6.26 Å². The number of imidazole rings is 1. The number of aromatic nitrogens is 2. The fourth-order valence-corrected chi connectivity index (χ4v) is 3.99. The van der Waals surface area contributed by atoms with Crippen LogP contribution in [0.2, 0.25) is 0 Å². The van der Waals surface area contributed by atoms with Crippen molar-refractivity contribution >= 4 is 23.4 Å². The number of fused-ring (bicyclic) bond motifs is 1. The Hall–Kier alpha value is -3.62. The molecule has 4 rings (SSSR count). The first-order chi connectivity index (χ1) is 15.5. The average Bonchev–Trinajstić information content (AvgIpc) is 3.44. The molecule has 1 fully saturated rings. The zero-order chi connectivity index (χ0) is 22.7. The molecule has 0 aliphatic carbocycles. The number of piperazine rings is 1. The molecule has 0 aromatic carbocycles. The van der Waals surface area contributed by atoms with E-state index in [1.807, 2.05) is 32.2 Å². The standard InChI is InChI=1S/C23H27N5O4/c1-16-6-4-10-28-20(17(2)25-21(16)28)22(30)24-9-3-8-19(29)26-11-13-27(14-12-26)23(31)18-7-5-15-32-18/h4-7,10,15H,3,8-9,11-14H2,1-2H3,(H,24,30). The number of carbonyl (C=O) groups is 3. The molecule has 32 heavy (non-hydrogen) atoms. The first-order valence-electron chi connectivity index (χ1n) is 10.8. The highest BCUT2D eigenvalue weighted by Gasteiger charge is 2.26. The van der Waals surface area contributed by atoms with E-state index in [2.05, 4.69) is 10.3 Å². The quantitative estimate of drug-likeness (QED) is 0.595. The van der Waals surface area contributed by atoms with Gasteiger partial charge in [0, 0.05) is 45.3 Å². The summed E-state index contributed by atoms with van der Waals surface area (Å²) >= 11 is 0. The van der Waals surface area contributed by atoms with Crippen LogP contribution < -0.4 is 5.32 Å². The molecule has 0 atom stereocenters. The lowest BCUT2D eigenvalue weighted by Crippen LogP contribution is -2.50. The maximum Gasteiger partial charge on any atom is 0.289 e. The normalized spacial score (nSPS) is 14.1. The molecule has 9 nitrogen and oxygen atoms in total. The molecule has 0 saturated carbocycles. The second kappa shape index (κ2) is 9.25. The van der Waals surface area contributed by atoms with Gasteiger partial charge in [-0.1, -0.05) is 6.07 Å². The summed E-state index contributed by atoms with van der Waals surface area (Å²) in [4.78, 5) is 45.5. The van der Waals surface area contributed by atoms with Crippen LogP contribution in [-0.2, 0) is 4.79 Å². The van der Waals surface area contributed by atoms with Crippen molar-refractivity contribution < 1.29 is 18.8 Å². The summed E-state index contributed by atoms with van der Waals surface area (Å²) in [6.45, 7) is 6.14. The van der Waals surface area contributed by atoms with Crippen LogP contribution in [0.1, 0.15) is 45.1 Å². The van der Waals surface area contributed by atoms with E-state index in [0.717, 1.165) is 11.2 Å². The zero-order valence-electron chi connectivity index (χ0n) is 18.3. The minimum atomic E-state index is -0.196. The Morgan fingerprint density at radius 1 is 1.06 bits per heavy atom. The third kappa shape index (κ3) is 4.37. The van der Waals surface area contributed by atoms with Gasteiger partial charge in [0.1, 0.15) is 11.3 Å². The maximum atomic E-state index is 12.7. The Balaban J connectivity index is 1.22. The summed E-state index contributed by atoms with van der Waals surface area (Å²) in [6.07, 6.45) is 4.20. The highest BCUT2D eigenvalue weighted by Crippen LogP contribution is 2.15. The van der Waals surface area contributed by atoms with Crippen molar-refractivity contribution in [3.05, 3.63) is 59.4 Å². The lowest BCUT2D eigenvalue weighted by molar-refractivity contribution is -0.132. The fourth-order valence-electron chi connectivity index (χ4n) is 3.99. The van der Waals surface area contributed by atoms with Gasteiger partial charge >= 0.3 is 0 Å². The van der Waals surface area contributed by atoms with Gasteiger partial charge in [-0.3, -0.25) is 18.8 Å². The number of hydrogen-bond acceptors (Lipinski definition) is 5. The molecule has 1 N–H and O–H groups in total. The van der Waals surface area contributed by atoms with E-state index in [4.69, 9.17) is 4.42 Å². The predicted molar refractivity (Wildman–Crippen MR) is 117 cm³/mol. The first-order valence-corrected chi connectivity index (χ1v) is 10.8. The Bertz CT molecular complexity index is 1130. The molecule has 3 amide bonds. The van der Waals surface area contributed by atoms with Crippen LogP contribution in [0.5, 0.6) is 0 Å². The smallest absolute Gasteiger partial charge is 0.289 e. The zero-order valence-corrected chi connectivity index (χ0v) is 18.3. The highest BCUT2D eigenvalue weighted by atomic mass is 16.3. The molecule has 0 unspecified atom stereocenters. The predicted octanol–water partition coefficient (Wildman–Crippen LogP) is 2.04. The second-order valence-electron chi connectivity index (χ2n) is 7.94. The SMILES string of the molecule is Cc1nc2c(C)cccn2c1C(=O)NCCCC(=O)N1CCN(C(=O)c2ccco2)CC1. The van der Waals surface area contributed by atoms with Crippen molar-refractivity contribution in [3.63, 3.8) is 0 Å². The number of hydrogen-bond donors (Lipinski definition) is 1. The summed E-state index contributed by atoms with van der Waals surface area (Å²) < 4.78 is 6.96. The van der Waals surface area contributed by atoms with E-state index in [0.29, 0.717) is 62.7 Å². The van der Waals surface area contributed by atoms with Crippen LogP contribution in [0.4, 0.5) is 0 Å². The van der Waals surface area contributed by atoms with Gasteiger partial charge < -0.3 is 19.5 Å². The number of carbonyl (C=O) groups excluding carboxylic acids is 3. The van der Waals surface area contributed by atoms with E-state index in [9.17, 15) is 14.4 Å².